The van der Waals surface area contributed by atoms with Crippen LogP contribution in [0, 0.1) is 6.92 Å². The van der Waals surface area contributed by atoms with Crippen molar-refractivity contribution in [3.05, 3.63) is 21.9 Å². The molecule has 2 atom stereocenters. The van der Waals surface area contributed by atoms with E-state index in [4.69, 9.17) is 0 Å². The van der Waals surface area contributed by atoms with Gasteiger partial charge in [-0.25, -0.2) is 0 Å². The molecular formula is C11H17NOS2. The summed E-state index contributed by atoms with van der Waals surface area (Å²) in [5.74, 6) is 2.22. The number of thiophene rings is 1. The van der Waals surface area contributed by atoms with Gasteiger partial charge in [0.2, 0.25) is 0 Å². The standard InChI is InChI=1S/C11H17NOS2/c1-8-3-5-15-11(8)10(13)9-7-14-6-4-12(9)2/h3,5,9-10,13H,4,6-7H2,1-2H3. The van der Waals surface area contributed by atoms with E-state index in [9.17, 15) is 5.11 Å². The van der Waals surface area contributed by atoms with Crippen molar-refractivity contribution in [1.82, 2.24) is 4.90 Å². The van der Waals surface area contributed by atoms with E-state index >= 15 is 0 Å². The molecule has 4 heteroatoms. The summed E-state index contributed by atoms with van der Waals surface area (Å²) in [6.45, 7) is 3.15. The van der Waals surface area contributed by atoms with E-state index in [-0.39, 0.29) is 12.1 Å². The maximum atomic E-state index is 10.3. The fourth-order valence-electron chi connectivity index (χ4n) is 1.90. The maximum absolute atomic E-state index is 10.3. The molecular weight excluding hydrogens is 226 g/mol. The molecule has 2 nitrogen and oxygen atoms in total. The van der Waals surface area contributed by atoms with Crippen molar-refractivity contribution in [2.24, 2.45) is 0 Å². The summed E-state index contributed by atoms with van der Waals surface area (Å²) in [5.41, 5.74) is 1.22. The van der Waals surface area contributed by atoms with E-state index in [2.05, 4.69) is 30.3 Å². The topological polar surface area (TPSA) is 23.5 Å². The Morgan fingerprint density at radius 3 is 3.00 bits per heavy atom. The molecule has 1 aliphatic heterocycles. The molecule has 15 heavy (non-hydrogen) atoms. The van der Waals surface area contributed by atoms with E-state index in [1.165, 1.54) is 11.3 Å². The first-order valence-corrected chi connectivity index (χ1v) is 7.23. The lowest BCUT2D eigenvalue weighted by atomic mass is 10.1. The lowest BCUT2D eigenvalue weighted by molar-refractivity contribution is 0.0781. The predicted octanol–water partition coefficient (Wildman–Crippen LogP) is 2.14. The molecule has 0 saturated carbocycles. The van der Waals surface area contributed by atoms with Crippen molar-refractivity contribution >= 4 is 23.1 Å². The third kappa shape index (κ3) is 2.38. The molecule has 84 valence electrons. The van der Waals surface area contributed by atoms with Gasteiger partial charge in [-0.3, -0.25) is 4.90 Å². The van der Waals surface area contributed by atoms with E-state index in [0.717, 1.165) is 17.2 Å². The number of hydrogen-bond acceptors (Lipinski definition) is 4. The summed E-state index contributed by atoms with van der Waals surface area (Å²) in [4.78, 5) is 3.41. The maximum Gasteiger partial charge on any atom is 0.105 e. The van der Waals surface area contributed by atoms with Crippen LogP contribution < -0.4 is 0 Å². The van der Waals surface area contributed by atoms with E-state index < -0.39 is 0 Å². The van der Waals surface area contributed by atoms with E-state index in [0.29, 0.717) is 0 Å². The highest BCUT2D eigenvalue weighted by Crippen LogP contribution is 2.31. The normalized spacial score (nSPS) is 25.4. The van der Waals surface area contributed by atoms with Crippen molar-refractivity contribution in [2.75, 3.05) is 25.1 Å². The molecule has 1 aliphatic rings. The first-order chi connectivity index (χ1) is 7.20. The highest BCUT2D eigenvalue weighted by molar-refractivity contribution is 7.99. The largest absolute Gasteiger partial charge is 0.386 e. The zero-order valence-corrected chi connectivity index (χ0v) is 10.8. The average Bonchev–Trinajstić information content (AvgIpc) is 2.64. The van der Waals surface area contributed by atoms with Crippen LogP contribution in [0.4, 0.5) is 0 Å². The zero-order chi connectivity index (χ0) is 10.8. The predicted molar refractivity (Wildman–Crippen MR) is 67.8 cm³/mol. The van der Waals surface area contributed by atoms with Gasteiger partial charge in [-0.15, -0.1) is 11.3 Å². The monoisotopic (exact) mass is 243 g/mol. The third-order valence-electron chi connectivity index (χ3n) is 2.98. The van der Waals surface area contributed by atoms with Crippen molar-refractivity contribution < 1.29 is 5.11 Å². The van der Waals surface area contributed by atoms with Crippen LogP contribution >= 0.6 is 23.1 Å². The Bertz CT molecular complexity index is 326. The number of likely N-dealkylation sites (N-methyl/N-ethyl adjacent to an activating group) is 1. The van der Waals surface area contributed by atoms with Gasteiger partial charge in [0.25, 0.3) is 0 Å². The fraction of sp³-hybridized carbons (Fsp3) is 0.636. The van der Waals surface area contributed by atoms with Gasteiger partial charge >= 0.3 is 0 Å². The molecule has 0 aliphatic carbocycles. The number of aryl methyl sites for hydroxylation is 1. The van der Waals surface area contributed by atoms with Crippen LogP contribution in [-0.2, 0) is 0 Å². The molecule has 2 heterocycles. The van der Waals surface area contributed by atoms with Crippen LogP contribution in [0.5, 0.6) is 0 Å². The van der Waals surface area contributed by atoms with Crippen molar-refractivity contribution in [2.45, 2.75) is 19.1 Å². The van der Waals surface area contributed by atoms with Gasteiger partial charge in [-0.2, -0.15) is 11.8 Å². The van der Waals surface area contributed by atoms with Gasteiger partial charge in [0.1, 0.15) is 6.10 Å². The summed E-state index contributed by atoms with van der Waals surface area (Å²) in [7, 11) is 2.11. The molecule has 1 fully saturated rings. The zero-order valence-electron chi connectivity index (χ0n) is 9.14. The number of thioether (sulfide) groups is 1. The second kappa shape index (κ2) is 4.87. The summed E-state index contributed by atoms with van der Waals surface area (Å²) in [6.07, 6.45) is -0.317. The van der Waals surface area contributed by atoms with Gasteiger partial charge in [-0.05, 0) is 31.0 Å². The van der Waals surface area contributed by atoms with Crippen LogP contribution in [0.1, 0.15) is 16.5 Å². The van der Waals surface area contributed by atoms with Gasteiger partial charge < -0.3 is 5.11 Å². The molecule has 2 unspecified atom stereocenters. The SMILES string of the molecule is Cc1ccsc1C(O)C1CSCCN1C. The third-order valence-corrected chi connectivity index (χ3v) is 5.12. The van der Waals surface area contributed by atoms with Crippen LogP contribution in [0.25, 0.3) is 0 Å². The van der Waals surface area contributed by atoms with Crippen molar-refractivity contribution in [3.8, 4) is 0 Å². The molecule has 1 aromatic rings. The summed E-state index contributed by atoms with van der Waals surface area (Å²) in [5, 5.41) is 12.4. The molecule has 0 radical (unpaired) electrons. The average molecular weight is 243 g/mol. The number of rotatable bonds is 2. The smallest absolute Gasteiger partial charge is 0.105 e. The van der Waals surface area contributed by atoms with Gasteiger partial charge in [-0.1, -0.05) is 0 Å². The summed E-state index contributed by atoms with van der Waals surface area (Å²) < 4.78 is 0. The summed E-state index contributed by atoms with van der Waals surface area (Å²) >= 11 is 3.61. The Labute approximate surface area is 99.3 Å². The highest BCUT2D eigenvalue weighted by Gasteiger charge is 2.28. The van der Waals surface area contributed by atoms with Gasteiger partial charge in [0.05, 0.1) is 0 Å². The number of aliphatic hydroxyl groups excluding tert-OH is 1. The lowest BCUT2D eigenvalue weighted by Gasteiger charge is -2.35. The molecule has 1 saturated heterocycles. The van der Waals surface area contributed by atoms with Crippen LogP contribution in [0.15, 0.2) is 11.4 Å². The summed E-state index contributed by atoms with van der Waals surface area (Å²) in [6, 6.07) is 2.36. The Hall–Kier alpha value is -0.0300. The van der Waals surface area contributed by atoms with Crippen molar-refractivity contribution in [3.63, 3.8) is 0 Å². The Morgan fingerprint density at radius 2 is 2.40 bits per heavy atom. The Morgan fingerprint density at radius 1 is 1.60 bits per heavy atom. The molecule has 0 bridgehead atoms. The lowest BCUT2D eigenvalue weighted by Crippen LogP contribution is -2.43. The van der Waals surface area contributed by atoms with Crippen LogP contribution in [-0.4, -0.2) is 41.1 Å². The molecule has 1 aromatic heterocycles. The Kier molecular flexibility index (Phi) is 3.72. The number of nitrogens with zero attached hydrogens (tertiary/aromatic N) is 1. The van der Waals surface area contributed by atoms with Crippen LogP contribution in [0.2, 0.25) is 0 Å². The quantitative estimate of drug-likeness (QED) is 0.861. The Balaban J connectivity index is 2.13. The molecule has 2 rings (SSSR count). The number of hydrogen-bond donors (Lipinski definition) is 1. The first-order valence-electron chi connectivity index (χ1n) is 5.20. The minimum Gasteiger partial charge on any atom is -0.386 e. The second-order valence-corrected chi connectivity index (χ2v) is 6.13. The van der Waals surface area contributed by atoms with Crippen molar-refractivity contribution in [1.29, 1.82) is 0 Å². The van der Waals surface area contributed by atoms with E-state index in [1.54, 1.807) is 11.3 Å². The van der Waals surface area contributed by atoms with Gasteiger partial charge in [0.15, 0.2) is 0 Å². The number of aliphatic hydroxyl groups is 1. The first kappa shape index (κ1) is 11.5. The molecule has 1 N–H and O–H groups in total. The second-order valence-electron chi connectivity index (χ2n) is 4.04. The molecule has 0 spiro atoms. The van der Waals surface area contributed by atoms with E-state index in [1.807, 2.05) is 11.8 Å². The minimum absolute atomic E-state index is 0.279. The van der Waals surface area contributed by atoms with Gasteiger partial charge in [0, 0.05) is 29.0 Å². The minimum atomic E-state index is -0.317. The highest BCUT2D eigenvalue weighted by atomic mass is 32.2. The fourth-order valence-corrected chi connectivity index (χ4v) is 4.13. The molecule has 0 aromatic carbocycles. The van der Waals surface area contributed by atoms with Crippen LogP contribution in [0.3, 0.4) is 0 Å². The molecule has 0 amide bonds.